The summed E-state index contributed by atoms with van der Waals surface area (Å²) in [6, 6.07) is 0. The largest absolute Gasteiger partial charge is 0.299 e. The molecule has 2 bridgehead atoms. The molecule has 0 saturated heterocycles. The van der Waals surface area contributed by atoms with Crippen LogP contribution in [0.1, 0.15) is 32.6 Å². The average molecular weight is 202 g/mol. The Balaban J connectivity index is 2.04. The summed E-state index contributed by atoms with van der Waals surface area (Å²) in [6.45, 7) is 5.92. The first kappa shape index (κ1) is 9.38. The number of Topliss-reactive ketones (excluding diaryl/α,β-unsaturated/α-hetero) is 1. The predicted octanol–water partition coefficient (Wildman–Crippen LogP) is 3.12. The van der Waals surface area contributed by atoms with E-state index in [0.717, 1.165) is 0 Å². The summed E-state index contributed by atoms with van der Waals surface area (Å²) in [7, 11) is 0. The minimum atomic E-state index is 0.137. The fourth-order valence-electron chi connectivity index (χ4n) is 4.37. The maximum absolute atomic E-state index is 11.7. The molecule has 0 aromatic heterocycles. The lowest BCUT2D eigenvalue weighted by Gasteiger charge is -2.29. The molecule has 1 spiro atoms. The van der Waals surface area contributed by atoms with E-state index in [1.165, 1.54) is 31.3 Å². The zero-order valence-electron chi connectivity index (χ0n) is 9.33. The van der Waals surface area contributed by atoms with Gasteiger partial charge in [-0.25, -0.2) is 0 Å². The van der Waals surface area contributed by atoms with Crippen LogP contribution in [0, 0.1) is 23.2 Å². The Morgan fingerprint density at radius 2 is 2.07 bits per heavy atom. The van der Waals surface area contributed by atoms with Crippen molar-refractivity contribution in [3.63, 3.8) is 0 Å². The first-order chi connectivity index (χ1) is 7.17. The summed E-state index contributed by atoms with van der Waals surface area (Å²) >= 11 is 0. The fourth-order valence-corrected chi connectivity index (χ4v) is 4.37. The zero-order valence-corrected chi connectivity index (χ0v) is 9.33. The Bertz CT molecular complexity index is 358. The third kappa shape index (κ3) is 0.965. The summed E-state index contributed by atoms with van der Waals surface area (Å²) < 4.78 is 0. The van der Waals surface area contributed by atoms with Crippen molar-refractivity contribution in [1.29, 1.82) is 0 Å². The lowest BCUT2D eigenvalue weighted by Crippen LogP contribution is -2.26. The van der Waals surface area contributed by atoms with Crippen molar-refractivity contribution in [3.8, 4) is 0 Å². The van der Waals surface area contributed by atoms with E-state index in [9.17, 15) is 4.79 Å². The second kappa shape index (κ2) is 2.84. The number of allylic oxidation sites excluding steroid dienone is 3. The van der Waals surface area contributed by atoms with E-state index >= 15 is 0 Å². The summed E-state index contributed by atoms with van der Waals surface area (Å²) in [6.07, 6.45) is 9.91. The number of carbonyl (C=O) groups excluding carboxylic acids is 1. The van der Waals surface area contributed by atoms with Crippen molar-refractivity contribution in [2.45, 2.75) is 32.6 Å². The van der Waals surface area contributed by atoms with Crippen LogP contribution in [-0.4, -0.2) is 5.78 Å². The number of hydrogen-bond donors (Lipinski definition) is 0. The quantitative estimate of drug-likeness (QED) is 0.597. The molecule has 3 aliphatic carbocycles. The maximum atomic E-state index is 11.7. The summed E-state index contributed by atoms with van der Waals surface area (Å²) in [5.41, 5.74) is 1.62. The normalized spacial score (nSPS) is 40.6. The highest BCUT2D eigenvalue weighted by atomic mass is 16.1. The van der Waals surface area contributed by atoms with Crippen molar-refractivity contribution in [2.24, 2.45) is 23.2 Å². The van der Waals surface area contributed by atoms with Gasteiger partial charge in [0, 0.05) is 11.8 Å². The third-order valence-corrected chi connectivity index (χ3v) is 4.92. The Labute approximate surface area is 91.2 Å². The molecule has 3 atom stereocenters. The monoisotopic (exact) mass is 202 g/mol. The SMILES string of the molecule is C=C1[C@H](C(C)=O)[C@@H]2C=C[C@H]1C21CCCC1. The molecule has 0 N–H and O–H groups in total. The van der Waals surface area contributed by atoms with Crippen LogP contribution in [0.3, 0.4) is 0 Å². The number of carbonyl (C=O) groups is 1. The van der Waals surface area contributed by atoms with Crippen LogP contribution in [0.25, 0.3) is 0 Å². The van der Waals surface area contributed by atoms with E-state index in [2.05, 4.69) is 18.7 Å². The van der Waals surface area contributed by atoms with Gasteiger partial charge in [0.1, 0.15) is 5.78 Å². The summed E-state index contributed by atoms with van der Waals surface area (Å²) in [4.78, 5) is 11.7. The van der Waals surface area contributed by atoms with Crippen molar-refractivity contribution in [1.82, 2.24) is 0 Å². The average Bonchev–Trinajstić information content (AvgIpc) is 2.83. The lowest BCUT2D eigenvalue weighted by molar-refractivity contribution is -0.120. The van der Waals surface area contributed by atoms with Crippen molar-refractivity contribution < 1.29 is 4.79 Å². The minimum Gasteiger partial charge on any atom is -0.299 e. The molecule has 2 fully saturated rings. The smallest absolute Gasteiger partial charge is 0.137 e. The minimum absolute atomic E-state index is 0.137. The first-order valence-electron chi connectivity index (χ1n) is 6.04. The molecule has 15 heavy (non-hydrogen) atoms. The summed E-state index contributed by atoms with van der Waals surface area (Å²) in [5.74, 6) is 1.45. The molecular weight excluding hydrogens is 184 g/mol. The molecule has 1 heteroatoms. The van der Waals surface area contributed by atoms with Gasteiger partial charge in [-0.1, -0.05) is 37.1 Å². The zero-order chi connectivity index (χ0) is 10.6. The van der Waals surface area contributed by atoms with Crippen LogP contribution in [-0.2, 0) is 4.79 Å². The second-order valence-electron chi connectivity index (χ2n) is 5.49. The van der Waals surface area contributed by atoms with Gasteiger partial charge < -0.3 is 0 Å². The molecule has 2 saturated carbocycles. The highest BCUT2D eigenvalue weighted by Gasteiger charge is 2.59. The Hall–Kier alpha value is -0.850. The van der Waals surface area contributed by atoms with Gasteiger partial charge in [0.15, 0.2) is 0 Å². The van der Waals surface area contributed by atoms with Crippen LogP contribution in [0.15, 0.2) is 24.3 Å². The highest BCUT2D eigenvalue weighted by molar-refractivity contribution is 5.83. The molecule has 0 radical (unpaired) electrons. The number of ketones is 1. The lowest BCUT2D eigenvalue weighted by atomic mass is 9.73. The highest BCUT2D eigenvalue weighted by Crippen LogP contribution is 2.65. The molecular formula is C14H18O. The Morgan fingerprint density at radius 1 is 1.40 bits per heavy atom. The van der Waals surface area contributed by atoms with Crippen molar-refractivity contribution in [3.05, 3.63) is 24.3 Å². The van der Waals surface area contributed by atoms with Crippen LogP contribution in [0.4, 0.5) is 0 Å². The van der Waals surface area contributed by atoms with Crippen LogP contribution in [0.5, 0.6) is 0 Å². The second-order valence-corrected chi connectivity index (χ2v) is 5.49. The molecule has 3 aliphatic rings. The molecule has 0 aliphatic heterocycles. The van der Waals surface area contributed by atoms with Crippen LogP contribution >= 0.6 is 0 Å². The first-order valence-corrected chi connectivity index (χ1v) is 6.04. The van der Waals surface area contributed by atoms with E-state index in [4.69, 9.17) is 0 Å². The summed E-state index contributed by atoms with van der Waals surface area (Å²) in [5, 5.41) is 0. The van der Waals surface area contributed by atoms with Crippen LogP contribution in [0.2, 0.25) is 0 Å². The van der Waals surface area contributed by atoms with Gasteiger partial charge in [0.25, 0.3) is 0 Å². The van der Waals surface area contributed by atoms with Gasteiger partial charge in [-0.3, -0.25) is 4.79 Å². The predicted molar refractivity (Wildman–Crippen MR) is 60.3 cm³/mol. The standard InChI is InChI=1S/C14H18O/c1-9-11-5-6-12(13(9)10(2)15)14(11)7-3-4-8-14/h5-6,11-13H,1,3-4,7-8H2,2H3/t11-,12+,13-/m1/s1. The molecule has 1 nitrogen and oxygen atoms in total. The van der Waals surface area contributed by atoms with E-state index < -0.39 is 0 Å². The molecule has 0 unspecified atom stereocenters. The number of hydrogen-bond acceptors (Lipinski definition) is 1. The fraction of sp³-hybridized carbons (Fsp3) is 0.643. The van der Waals surface area contributed by atoms with Gasteiger partial charge in [-0.05, 0) is 31.1 Å². The molecule has 80 valence electrons. The van der Waals surface area contributed by atoms with E-state index in [-0.39, 0.29) is 5.92 Å². The topological polar surface area (TPSA) is 17.1 Å². The molecule has 0 aromatic rings. The van der Waals surface area contributed by atoms with Gasteiger partial charge in [-0.15, -0.1) is 0 Å². The molecule has 3 rings (SSSR count). The Morgan fingerprint density at radius 3 is 2.60 bits per heavy atom. The third-order valence-electron chi connectivity index (χ3n) is 4.92. The van der Waals surface area contributed by atoms with E-state index in [1.807, 2.05) is 0 Å². The van der Waals surface area contributed by atoms with E-state index in [1.54, 1.807) is 6.92 Å². The van der Waals surface area contributed by atoms with Crippen LogP contribution < -0.4 is 0 Å². The van der Waals surface area contributed by atoms with Crippen molar-refractivity contribution >= 4 is 5.78 Å². The molecule has 0 amide bonds. The van der Waals surface area contributed by atoms with Gasteiger partial charge in [0.2, 0.25) is 0 Å². The maximum Gasteiger partial charge on any atom is 0.137 e. The Kier molecular flexibility index (Phi) is 1.78. The van der Waals surface area contributed by atoms with E-state index in [0.29, 0.717) is 23.0 Å². The van der Waals surface area contributed by atoms with Gasteiger partial charge in [-0.2, -0.15) is 0 Å². The number of rotatable bonds is 1. The van der Waals surface area contributed by atoms with Crippen molar-refractivity contribution in [2.75, 3.05) is 0 Å². The molecule has 0 heterocycles. The van der Waals surface area contributed by atoms with Gasteiger partial charge >= 0.3 is 0 Å². The van der Waals surface area contributed by atoms with Gasteiger partial charge in [0.05, 0.1) is 0 Å². The molecule has 0 aromatic carbocycles.